The van der Waals surface area contributed by atoms with Gasteiger partial charge in [-0.2, -0.15) is 0 Å². The molecule has 0 saturated carbocycles. The molecule has 19 heavy (non-hydrogen) atoms. The molecule has 0 saturated heterocycles. The molecular weight excluding hydrogens is 242 g/mol. The lowest BCUT2D eigenvalue weighted by Gasteiger charge is -2.13. The van der Waals surface area contributed by atoms with Crippen LogP contribution < -0.4 is 10.6 Å². The fourth-order valence-corrected chi connectivity index (χ4v) is 1.57. The zero-order chi connectivity index (χ0) is 14.1. The molecule has 2 N–H and O–H groups in total. The third-order valence-electron chi connectivity index (χ3n) is 2.71. The molecule has 0 aromatic carbocycles. The normalized spacial score (nSPS) is 11.9. The SMILES string of the molecule is CCCNc1ccc(C(=O)NC(C)CCOC)nc1. The van der Waals surface area contributed by atoms with Crippen molar-refractivity contribution in [3.8, 4) is 0 Å². The number of methoxy groups -OCH3 is 1. The third-order valence-corrected chi connectivity index (χ3v) is 2.71. The van der Waals surface area contributed by atoms with Crippen LogP contribution in [0.15, 0.2) is 18.3 Å². The number of rotatable bonds is 8. The number of amides is 1. The number of carbonyl (C=O) groups is 1. The smallest absolute Gasteiger partial charge is 0.270 e. The molecule has 0 radical (unpaired) electrons. The molecule has 5 heteroatoms. The second-order valence-corrected chi connectivity index (χ2v) is 4.51. The molecular formula is C14H23N3O2. The average molecular weight is 265 g/mol. The van der Waals surface area contributed by atoms with E-state index in [1.54, 1.807) is 19.4 Å². The molecule has 1 rings (SSSR count). The molecule has 0 aliphatic rings. The van der Waals surface area contributed by atoms with Crippen molar-refractivity contribution in [2.75, 3.05) is 25.6 Å². The molecule has 0 aliphatic heterocycles. The Bertz CT molecular complexity index is 379. The number of nitrogens with one attached hydrogen (secondary N) is 2. The molecule has 1 unspecified atom stereocenters. The number of hydrogen-bond donors (Lipinski definition) is 2. The minimum absolute atomic E-state index is 0.0761. The Morgan fingerprint density at radius 3 is 2.84 bits per heavy atom. The monoisotopic (exact) mass is 265 g/mol. The molecule has 0 bridgehead atoms. The van der Waals surface area contributed by atoms with E-state index < -0.39 is 0 Å². The summed E-state index contributed by atoms with van der Waals surface area (Å²) in [6, 6.07) is 3.68. The Hall–Kier alpha value is -1.62. The average Bonchev–Trinajstić information content (AvgIpc) is 2.43. The van der Waals surface area contributed by atoms with Crippen molar-refractivity contribution >= 4 is 11.6 Å². The zero-order valence-electron chi connectivity index (χ0n) is 11.9. The predicted molar refractivity (Wildman–Crippen MR) is 76.4 cm³/mol. The van der Waals surface area contributed by atoms with Gasteiger partial charge in [0.15, 0.2) is 0 Å². The lowest BCUT2D eigenvalue weighted by molar-refractivity contribution is 0.0924. The summed E-state index contributed by atoms with van der Waals surface area (Å²) < 4.78 is 4.98. The van der Waals surface area contributed by atoms with Crippen molar-refractivity contribution in [2.24, 2.45) is 0 Å². The van der Waals surface area contributed by atoms with Gasteiger partial charge in [0.25, 0.3) is 5.91 Å². The van der Waals surface area contributed by atoms with E-state index in [2.05, 4.69) is 22.5 Å². The highest BCUT2D eigenvalue weighted by molar-refractivity contribution is 5.92. The van der Waals surface area contributed by atoms with Gasteiger partial charge in [0, 0.05) is 26.3 Å². The Labute approximate surface area is 114 Å². The standard InChI is InChI=1S/C14H23N3O2/c1-4-8-15-12-5-6-13(16-10-12)14(18)17-11(2)7-9-19-3/h5-6,10-11,15H,4,7-9H2,1-3H3,(H,17,18). The second-order valence-electron chi connectivity index (χ2n) is 4.51. The summed E-state index contributed by atoms with van der Waals surface area (Å²) in [6.45, 7) is 5.59. The number of hydrogen-bond acceptors (Lipinski definition) is 4. The predicted octanol–water partition coefficient (Wildman–Crippen LogP) is 2.06. The summed E-state index contributed by atoms with van der Waals surface area (Å²) in [5.74, 6) is -0.148. The quantitative estimate of drug-likeness (QED) is 0.755. The van der Waals surface area contributed by atoms with Gasteiger partial charge in [0.1, 0.15) is 5.69 Å². The third kappa shape index (κ3) is 5.70. The molecule has 0 spiro atoms. The van der Waals surface area contributed by atoms with Crippen LogP contribution in [0.2, 0.25) is 0 Å². The van der Waals surface area contributed by atoms with Crippen molar-refractivity contribution in [1.82, 2.24) is 10.3 Å². The first kappa shape index (κ1) is 15.4. The molecule has 1 aromatic heterocycles. The van der Waals surface area contributed by atoms with E-state index in [-0.39, 0.29) is 11.9 Å². The highest BCUT2D eigenvalue weighted by Crippen LogP contribution is 2.06. The first-order chi connectivity index (χ1) is 9.17. The fraction of sp³-hybridized carbons (Fsp3) is 0.571. The Kier molecular flexibility index (Phi) is 6.89. The Morgan fingerprint density at radius 2 is 2.26 bits per heavy atom. The largest absolute Gasteiger partial charge is 0.385 e. The van der Waals surface area contributed by atoms with E-state index in [9.17, 15) is 4.79 Å². The maximum Gasteiger partial charge on any atom is 0.270 e. The lowest BCUT2D eigenvalue weighted by Crippen LogP contribution is -2.33. The lowest BCUT2D eigenvalue weighted by atomic mass is 10.2. The summed E-state index contributed by atoms with van der Waals surface area (Å²) in [5.41, 5.74) is 1.37. The maximum absolute atomic E-state index is 11.9. The van der Waals surface area contributed by atoms with Crippen molar-refractivity contribution in [3.05, 3.63) is 24.0 Å². The number of nitrogens with zero attached hydrogens (tertiary/aromatic N) is 1. The first-order valence-electron chi connectivity index (χ1n) is 6.67. The van der Waals surface area contributed by atoms with Crippen LogP contribution in [-0.2, 0) is 4.74 Å². The summed E-state index contributed by atoms with van der Waals surface area (Å²) in [5, 5.41) is 6.11. The summed E-state index contributed by atoms with van der Waals surface area (Å²) >= 11 is 0. The van der Waals surface area contributed by atoms with E-state index in [0.717, 1.165) is 25.1 Å². The second kappa shape index (κ2) is 8.48. The summed E-state index contributed by atoms with van der Waals surface area (Å²) in [4.78, 5) is 16.1. The fourth-order valence-electron chi connectivity index (χ4n) is 1.57. The maximum atomic E-state index is 11.9. The minimum atomic E-state index is -0.148. The molecule has 0 aliphatic carbocycles. The highest BCUT2D eigenvalue weighted by Gasteiger charge is 2.10. The molecule has 1 heterocycles. The molecule has 1 atom stereocenters. The van der Waals surface area contributed by atoms with Crippen LogP contribution in [0.25, 0.3) is 0 Å². The molecule has 0 fully saturated rings. The van der Waals surface area contributed by atoms with Crippen LogP contribution in [0.4, 0.5) is 5.69 Å². The number of aromatic nitrogens is 1. The Morgan fingerprint density at radius 1 is 1.47 bits per heavy atom. The summed E-state index contributed by atoms with van der Waals surface area (Å²) in [6.07, 6.45) is 3.53. The van der Waals surface area contributed by atoms with Crippen LogP contribution in [0.3, 0.4) is 0 Å². The van der Waals surface area contributed by atoms with Gasteiger partial charge in [-0.3, -0.25) is 4.79 Å². The van der Waals surface area contributed by atoms with E-state index >= 15 is 0 Å². The highest BCUT2D eigenvalue weighted by atomic mass is 16.5. The molecule has 106 valence electrons. The van der Waals surface area contributed by atoms with Crippen LogP contribution in [-0.4, -0.2) is 37.2 Å². The number of pyridine rings is 1. The molecule has 1 amide bonds. The van der Waals surface area contributed by atoms with E-state index in [1.165, 1.54) is 0 Å². The van der Waals surface area contributed by atoms with Crippen molar-refractivity contribution < 1.29 is 9.53 Å². The van der Waals surface area contributed by atoms with Crippen LogP contribution in [0.5, 0.6) is 0 Å². The Balaban J connectivity index is 2.48. The van der Waals surface area contributed by atoms with Crippen molar-refractivity contribution in [2.45, 2.75) is 32.7 Å². The van der Waals surface area contributed by atoms with E-state index in [4.69, 9.17) is 4.74 Å². The number of anilines is 1. The van der Waals surface area contributed by atoms with Crippen LogP contribution in [0.1, 0.15) is 37.2 Å². The van der Waals surface area contributed by atoms with E-state index in [0.29, 0.717) is 12.3 Å². The van der Waals surface area contributed by atoms with Gasteiger partial charge in [0.05, 0.1) is 11.9 Å². The topological polar surface area (TPSA) is 63.2 Å². The first-order valence-corrected chi connectivity index (χ1v) is 6.67. The van der Waals surface area contributed by atoms with Gasteiger partial charge in [-0.05, 0) is 31.9 Å². The number of ether oxygens (including phenoxy) is 1. The number of carbonyl (C=O) groups excluding carboxylic acids is 1. The van der Waals surface area contributed by atoms with Gasteiger partial charge in [-0.25, -0.2) is 4.98 Å². The molecule has 1 aromatic rings. The van der Waals surface area contributed by atoms with Crippen molar-refractivity contribution in [3.63, 3.8) is 0 Å². The molecule has 5 nitrogen and oxygen atoms in total. The summed E-state index contributed by atoms with van der Waals surface area (Å²) in [7, 11) is 1.65. The van der Waals surface area contributed by atoms with Crippen molar-refractivity contribution in [1.29, 1.82) is 0 Å². The zero-order valence-corrected chi connectivity index (χ0v) is 11.9. The van der Waals surface area contributed by atoms with Gasteiger partial charge < -0.3 is 15.4 Å². The van der Waals surface area contributed by atoms with Crippen LogP contribution >= 0.6 is 0 Å². The van der Waals surface area contributed by atoms with Crippen LogP contribution in [0, 0.1) is 0 Å². The van der Waals surface area contributed by atoms with Gasteiger partial charge in [0.2, 0.25) is 0 Å². The van der Waals surface area contributed by atoms with Gasteiger partial charge >= 0.3 is 0 Å². The van der Waals surface area contributed by atoms with Gasteiger partial charge in [-0.1, -0.05) is 6.92 Å². The van der Waals surface area contributed by atoms with E-state index in [1.807, 2.05) is 13.0 Å². The minimum Gasteiger partial charge on any atom is -0.385 e. The van der Waals surface area contributed by atoms with Gasteiger partial charge in [-0.15, -0.1) is 0 Å².